The highest BCUT2D eigenvalue weighted by Gasteiger charge is 2.15. The molecule has 0 atom stereocenters. The van der Waals surface area contributed by atoms with Crippen molar-refractivity contribution in [2.45, 2.75) is 6.42 Å². The van der Waals surface area contributed by atoms with Crippen LogP contribution in [0.25, 0.3) is 0 Å². The molecule has 0 spiro atoms. The van der Waals surface area contributed by atoms with Gasteiger partial charge >= 0.3 is 0 Å². The summed E-state index contributed by atoms with van der Waals surface area (Å²) in [6, 6.07) is 7.46. The van der Waals surface area contributed by atoms with Gasteiger partial charge in [-0.3, -0.25) is 9.59 Å². The number of allylic oxidation sites excluding steroid dienone is 4. The van der Waals surface area contributed by atoms with Gasteiger partial charge < -0.3 is 4.74 Å². The van der Waals surface area contributed by atoms with E-state index in [1.807, 2.05) is 24.3 Å². The van der Waals surface area contributed by atoms with E-state index in [1.165, 1.54) is 18.2 Å². The Morgan fingerprint density at radius 2 is 1.88 bits per heavy atom. The van der Waals surface area contributed by atoms with Gasteiger partial charge in [-0.1, -0.05) is 18.2 Å². The molecule has 0 radical (unpaired) electrons. The Bertz CT molecular complexity index is 524. The first-order valence-electron chi connectivity index (χ1n) is 5.29. The lowest BCUT2D eigenvalue weighted by Crippen LogP contribution is -2.10. The van der Waals surface area contributed by atoms with E-state index in [2.05, 4.69) is 0 Å². The van der Waals surface area contributed by atoms with Gasteiger partial charge in [0.1, 0.15) is 5.75 Å². The number of para-hydroxylation sites is 1. The number of carbonyl (C=O) groups is 2. The van der Waals surface area contributed by atoms with Crippen LogP contribution >= 0.6 is 0 Å². The molecule has 0 aromatic heterocycles. The molecule has 1 aromatic carbocycles. The quantitative estimate of drug-likeness (QED) is 0.742. The lowest BCUT2D eigenvalue weighted by Gasteiger charge is -2.10. The number of methoxy groups -OCH3 is 1. The maximum atomic E-state index is 11.6. The van der Waals surface area contributed by atoms with Gasteiger partial charge in [0.05, 0.1) is 7.11 Å². The Labute approximate surface area is 99.4 Å². The Morgan fingerprint density at radius 3 is 2.65 bits per heavy atom. The molecule has 0 saturated carbocycles. The highest BCUT2D eigenvalue weighted by Crippen LogP contribution is 2.22. The molecule has 0 unspecified atom stereocenters. The lowest BCUT2D eigenvalue weighted by molar-refractivity contribution is -0.114. The van der Waals surface area contributed by atoms with E-state index >= 15 is 0 Å². The van der Waals surface area contributed by atoms with E-state index in [4.69, 9.17) is 4.74 Å². The van der Waals surface area contributed by atoms with Crippen molar-refractivity contribution >= 4 is 11.6 Å². The number of ether oxygens (including phenoxy) is 1. The molecule has 17 heavy (non-hydrogen) atoms. The minimum Gasteiger partial charge on any atom is -0.496 e. The number of rotatable bonds is 3. The molecule has 86 valence electrons. The van der Waals surface area contributed by atoms with Crippen molar-refractivity contribution in [2.24, 2.45) is 0 Å². The largest absolute Gasteiger partial charge is 0.496 e. The Kier molecular flexibility index (Phi) is 3.19. The molecule has 1 aliphatic rings. The van der Waals surface area contributed by atoms with Crippen LogP contribution in [0.2, 0.25) is 0 Å². The van der Waals surface area contributed by atoms with Gasteiger partial charge in [-0.2, -0.15) is 0 Å². The van der Waals surface area contributed by atoms with Crippen molar-refractivity contribution in [2.75, 3.05) is 7.11 Å². The van der Waals surface area contributed by atoms with Crippen LogP contribution in [0.4, 0.5) is 0 Å². The van der Waals surface area contributed by atoms with E-state index in [-0.39, 0.29) is 11.6 Å². The zero-order valence-corrected chi connectivity index (χ0v) is 9.47. The fourth-order valence-corrected chi connectivity index (χ4v) is 1.75. The van der Waals surface area contributed by atoms with Gasteiger partial charge in [0, 0.05) is 12.0 Å². The van der Waals surface area contributed by atoms with Crippen molar-refractivity contribution in [1.29, 1.82) is 0 Å². The monoisotopic (exact) mass is 228 g/mol. The molecule has 0 bridgehead atoms. The molecule has 2 rings (SSSR count). The summed E-state index contributed by atoms with van der Waals surface area (Å²) in [5, 5.41) is 0. The second-order valence-electron chi connectivity index (χ2n) is 3.76. The van der Waals surface area contributed by atoms with Gasteiger partial charge in [0.2, 0.25) is 0 Å². The SMILES string of the molecule is COc1ccccc1CC1=CC(=O)C=CC1=O. The second-order valence-corrected chi connectivity index (χ2v) is 3.76. The van der Waals surface area contributed by atoms with Crippen LogP contribution in [-0.2, 0) is 16.0 Å². The molecule has 0 aliphatic heterocycles. The number of hydrogen-bond acceptors (Lipinski definition) is 3. The summed E-state index contributed by atoms with van der Waals surface area (Å²) in [6.45, 7) is 0. The number of hydrogen-bond donors (Lipinski definition) is 0. The molecule has 3 heteroatoms. The van der Waals surface area contributed by atoms with E-state index in [0.29, 0.717) is 12.0 Å². The zero-order chi connectivity index (χ0) is 12.3. The third kappa shape index (κ3) is 2.50. The maximum Gasteiger partial charge on any atom is 0.182 e. The average Bonchev–Trinajstić information content (AvgIpc) is 2.34. The van der Waals surface area contributed by atoms with E-state index in [1.54, 1.807) is 7.11 Å². The van der Waals surface area contributed by atoms with Crippen LogP contribution in [0, 0.1) is 0 Å². The smallest absolute Gasteiger partial charge is 0.182 e. The summed E-state index contributed by atoms with van der Waals surface area (Å²) in [6.07, 6.45) is 4.40. The fourth-order valence-electron chi connectivity index (χ4n) is 1.75. The number of ketones is 2. The van der Waals surface area contributed by atoms with Crippen molar-refractivity contribution in [3.8, 4) is 5.75 Å². The number of carbonyl (C=O) groups excluding carboxylic acids is 2. The van der Waals surface area contributed by atoms with Gasteiger partial charge in [0.15, 0.2) is 11.6 Å². The first-order chi connectivity index (χ1) is 8.20. The van der Waals surface area contributed by atoms with E-state index in [9.17, 15) is 9.59 Å². The molecule has 0 N–H and O–H groups in total. The zero-order valence-electron chi connectivity index (χ0n) is 9.47. The van der Waals surface area contributed by atoms with Crippen molar-refractivity contribution in [3.05, 3.63) is 53.6 Å². The van der Waals surface area contributed by atoms with Crippen LogP contribution in [0.5, 0.6) is 5.75 Å². The third-order valence-electron chi connectivity index (χ3n) is 2.61. The van der Waals surface area contributed by atoms with Crippen molar-refractivity contribution < 1.29 is 14.3 Å². The first-order valence-corrected chi connectivity index (χ1v) is 5.29. The lowest BCUT2D eigenvalue weighted by atomic mass is 9.96. The minimum atomic E-state index is -0.144. The van der Waals surface area contributed by atoms with E-state index < -0.39 is 0 Å². The predicted molar refractivity (Wildman–Crippen MR) is 63.9 cm³/mol. The van der Waals surface area contributed by atoms with Crippen molar-refractivity contribution in [1.82, 2.24) is 0 Å². The van der Waals surface area contributed by atoms with Gasteiger partial charge in [-0.15, -0.1) is 0 Å². The molecule has 1 aromatic rings. The molecule has 1 aliphatic carbocycles. The average molecular weight is 228 g/mol. The highest BCUT2D eigenvalue weighted by molar-refractivity contribution is 6.17. The van der Waals surface area contributed by atoms with Crippen LogP contribution in [-0.4, -0.2) is 18.7 Å². The van der Waals surface area contributed by atoms with Crippen LogP contribution in [0.15, 0.2) is 48.1 Å². The van der Waals surface area contributed by atoms with Crippen LogP contribution in [0.3, 0.4) is 0 Å². The van der Waals surface area contributed by atoms with Gasteiger partial charge in [-0.05, 0) is 29.9 Å². The topological polar surface area (TPSA) is 43.4 Å². The first kappa shape index (κ1) is 11.3. The second kappa shape index (κ2) is 4.78. The summed E-state index contributed by atoms with van der Waals surface area (Å²) in [5.41, 5.74) is 1.40. The molecule has 3 nitrogen and oxygen atoms in total. The summed E-state index contributed by atoms with van der Waals surface area (Å²) >= 11 is 0. The number of benzene rings is 1. The Balaban J connectivity index is 2.26. The van der Waals surface area contributed by atoms with Crippen LogP contribution in [0.1, 0.15) is 5.56 Å². The summed E-state index contributed by atoms with van der Waals surface area (Å²) in [7, 11) is 1.58. The fraction of sp³-hybridized carbons (Fsp3) is 0.143. The molecule has 0 fully saturated rings. The minimum absolute atomic E-state index is 0.115. The molecule has 0 amide bonds. The molecule has 0 saturated heterocycles. The Hall–Kier alpha value is -2.16. The summed E-state index contributed by atoms with van der Waals surface area (Å²) in [5.74, 6) is 0.466. The van der Waals surface area contributed by atoms with Gasteiger partial charge in [-0.25, -0.2) is 0 Å². The normalized spacial score (nSPS) is 14.8. The molecular weight excluding hydrogens is 216 g/mol. The molecular formula is C14H12O3. The van der Waals surface area contributed by atoms with E-state index in [0.717, 1.165) is 11.3 Å². The summed E-state index contributed by atoms with van der Waals surface area (Å²) < 4.78 is 5.21. The summed E-state index contributed by atoms with van der Waals surface area (Å²) in [4.78, 5) is 22.8. The standard InChI is InChI=1S/C14H12O3/c1-17-14-5-3-2-4-10(14)8-11-9-12(15)6-7-13(11)16/h2-7,9H,8H2,1H3. The highest BCUT2D eigenvalue weighted by atomic mass is 16.5. The van der Waals surface area contributed by atoms with Crippen molar-refractivity contribution in [3.63, 3.8) is 0 Å². The van der Waals surface area contributed by atoms with Crippen LogP contribution < -0.4 is 4.74 Å². The Morgan fingerprint density at radius 1 is 1.12 bits per heavy atom. The maximum absolute atomic E-state index is 11.6. The van der Waals surface area contributed by atoms with Gasteiger partial charge in [0.25, 0.3) is 0 Å². The molecule has 0 heterocycles. The third-order valence-corrected chi connectivity index (χ3v) is 2.61. The predicted octanol–water partition coefficient (Wildman–Crippen LogP) is 1.87.